The first-order valence-corrected chi connectivity index (χ1v) is 7.62. The van der Waals surface area contributed by atoms with Gasteiger partial charge in [-0.05, 0) is 31.6 Å². The SMILES string of the molecule is CC(=O)NC1CCN(C(=O)C2(C(N)=S)CC(C)C2)CC1. The molecule has 1 heterocycles. The predicted octanol–water partition coefficient (Wildman–Crippen LogP) is 0.816. The number of amides is 2. The van der Waals surface area contributed by atoms with E-state index in [2.05, 4.69) is 12.2 Å². The maximum atomic E-state index is 12.7. The number of piperidine rings is 1. The fraction of sp³-hybridized carbons (Fsp3) is 0.786. The van der Waals surface area contributed by atoms with Crippen molar-refractivity contribution in [1.82, 2.24) is 10.2 Å². The normalized spacial score (nSPS) is 30.5. The Morgan fingerprint density at radius 1 is 1.30 bits per heavy atom. The Morgan fingerprint density at radius 3 is 2.25 bits per heavy atom. The van der Waals surface area contributed by atoms with Gasteiger partial charge in [0.25, 0.3) is 0 Å². The summed E-state index contributed by atoms with van der Waals surface area (Å²) in [5.74, 6) is 0.587. The number of nitrogens with one attached hydrogen (secondary N) is 1. The van der Waals surface area contributed by atoms with Crippen LogP contribution in [0.1, 0.15) is 39.5 Å². The van der Waals surface area contributed by atoms with Gasteiger partial charge in [0, 0.05) is 26.1 Å². The summed E-state index contributed by atoms with van der Waals surface area (Å²) in [7, 11) is 0. The predicted molar refractivity (Wildman–Crippen MR) is 81.0 cm³/mol. The maximum absolute atomic E-state index is 12.7. The quantitative estimate of drug-likeness (QED) is 0.756. The molecule has 0 unspecified atom stereocenters. The van der Waals surface area contributed by atoms with Crippen molar-refractivity contribution >= 4 is 29.0 Å². The van der Waals surface area contributed by atoms with Gasteiger partial charge in [-0.2, -0.15) is 0 Å². The van der Waals surface area contributed by atoms with Crippen LogP contribution in [0, 0.1) is 11.3 Å². The van der Waals surface area contributed by atoms with Crippen LogP contribution in [0.5, 0.6) is 0 Å². The van der Waals surface area contributed by atoms with E-state index >= 15 is 0 Å². The molecule has 0 spiro atoms. The third-order valence-corrected chi connectivity index (χ3v) is 4.86. The number of nitrogens with zero attached hydrogens (tertiary/aromatic N) is 1. The average Bonchev–Trinajstić information content (AvgIpc) is 2.33. The second-order valence-corrected chi connectivity index (χ2v) is 6.67. The van der Waals surface area contributed by atoms with Gasteiger partial charge >= 0.3 is 0 Å². The zero-order valence-corrected chi connectivity index (χ0v) is 13.0. The van der Waals surface area contributed by atoms with Gasteiger partial charge in [-0.3, -0.25) is 9.59 Å². The van der Waals surface area contributed by atoms with Crippen LogP contribution in [0.2, 0.25) is 0 Å². The lowest BCUT2D eigenvalue weighted by atomic mass is 9.61. The lowest BCUT2D eigenvalue weighted by Crippen LogP contribution is -2.59. The highest BCUT2D eigenvalue weighted by atomic mass is 32.1. The van der Waals surface area contributed by atoms with E-state index in [-0.39, 0.29) is 17.9 Å². The van der Waals surface area contributed by atoms with E-state index < -0.39 is 5.41 Å². The topological polar surface area (TPSA) is 75.4 Å². The summed E-state index contributed by atoms with van der Waals surface area (Å²) in [4.78, 5) is 25.9. The van der Waals surface area contributed by atoms with E-state index in [9.17, 15) is 9.59 Å². The molecular weight excluding hydrogens is 274 g/mol. The van der Waals surface area contributed by atoms with E-state index in [1.165, 1.54) is 6.92 Å². The van der Waals surface area contributed by atoms with Crippen molar-refractivity contribution in [2.24, 2.45) is 17.1 Å². The van der Waals surface area contributed by atoms with Crippen LogP contribution in [0.25, 0.3) is 0 Å². The van der Waals surface area contributed by atoms with Crippen molar-refractivity contribution in [3.8, 4) is 0 Å². The zero-order chi connectivity index (χ0) is 14.9. The zero-order valence-electron chi connectivity index (χ0n) is 12.1. The summed E-state index contributed by atoms with van der Waals surface area (Å²) in [5.41, 5.74) is 5.22. The summed E-state index contributed by atoms with van der Waals surface area (Å²) < 4.78 is 0. The van der Waals surface area contributed by atoms with Crippen molar-refractivity contribution in [2.45, 2.75) is 45.6 Å². The number of thiocarbonyl (C=S) groups is 1. The van der Waals surface area contributed by atoms with Crippen molar-refractivity contribution in [3.05, 3.63) is 0 Å². The first kappa shape index (κ1) is 15.2. The molecule has 2 rings (SSSR count). The maximum Gasteiger partial charge on any atom is 0.235 e. The van der Waals surface area contributed by atoms with E-state index in [4.69, 9.17) is 18.0 Å². The van der Waals surface area contributed by atoms with Crippen molar-refractivity contribution in [3.63, 3.8) is 0 Å². The van der Waals surface area contributed by atoms with Crippen molar-refractivity contribution < 1.29 is 9.59 Å². The molecule has 0 atom stereocenters. The van der Waals surface area contributed by atoms with Crippen LogP contribution < -0.4 is 11.1 Å². The molecule has 0 aromatic rings. The minimum absolute atomic E-state index is 0.0119. The molecule has 1 aliphatic heterocycles. The van der Waals surface area contributed by atoms with Crippen LogP contribution in [0.3, 0.4) is 0 Å². The standard InChI is InChI=1S/C14H23N3O2S/c1-9-7-14(8-9,12(15)20)13(19)17-5-3-11(4-6-17)16-10(2)18/h9,11H,3-8H2,1-2H3,(H2,15,20)(H,16,18). The monoisotopic (exact) mass is 297 g/mol. The summed E-state index contributed by atoms with van der Waals surface area (Å²) in [5, 5.41) is 2.91. The summed E-state index contributed by atoms with van der Waals surface area (Å²) in [6.07, 6.45) is 3.14. The van der Waals surface area contributed by atoms with E-state index in [0.29, 0.717) is 24.0 Å². The Balaban J connectivity index is 1.94. The summed E-state index contributed by atoms with van der Waals surface area (Å²) in [6.45, 7) is 4.98. The molecule has 1 saturated heterocycles. The lowest BCUT2D eigenvalue weighted by molar-refractivity contribution is -0.145. The Bertz CT molecular complexity index is 424. The van der Waals surface area contributed by atoms with E-state index in [0.717, 1.165) is 25.7 Å². The van der Waals surface area contributed by atoms with Gasteiger partial charge in [-0.15, -0.1) is 0 Å². The van der Waals surface area contributed by atoms with Crippen molar-refractivity contribution in [2.75, 3.05) is 13.1 Å². The Morgan fingerprint density at radius 2 is 1.85 bits per heavy atom. The molecule has 0 aromatic heterocycles. The molecule has 6 heteroatoms. The molecule has 0 radical (unpaired) electrons. The molecule has 2 amide bonds. The number of likely N-dealkylation sites (tertiary alicyclic amines) is 1. The average molecular weight is 297 g/mol. The van der Waals surface area contributed by atoms with Gasteiger partial charge < -0.3 is 16.0 Å². The molecule has 0 bridgehead atoms. The molecule has 5 nitrogen and oxygen atoms in total. The second-order valence-electron chi connectivity index (χ2n) is 6.23. The third kappa shape index (κ3) is 2.80. The minimum Gasteiger partial charge on any atom is -0.392 e. The largest absolute Gasteiger partial charge is 0.392 e. The highest BCUT2D eigenvalue weighted by Gasteiger charge is 2.52. The third-order valence-electron chi connectivity index (χ3n) is 4.46. The van der Waals surface area contributed by atoms with Crippen LogP contribution in [0.4, 0.5) is 0 Å². The van der Waals surface area contributed by atoms with Crippen LogP contribution in [-0.2, 0) is 9.59 Å². The first-order chi connectivity index (χ1) is 9.35. The Kier molecular flexibility index (Phi) is 4.32. The molecule has 0 aromatic carbocycles. The number of carbonyl (C=O) groups is 2. The van der Waals surface area contributed by atoms with Crippen LogP contribution >= 0.6 is 12.2 Å². The highest BCUT2D eigenvalue weighted by Crippen LogP contribution is 2.47. The molecule has 2 aliphatic rings. The number of carbonyl (C=O) groups excluding carboxylic acids is 2. The number of hydrogen-bond donors (Lipinski definition) is 2. The van der Waals surface area contributed by atoms with Gasteiger partial charge in [0.05, 0.1) is 10.4 Å². The van der Waals surface area contributed by atoms with Crippen molar-refractivity contribution in [1.29, 1.82) is 0 Å². The summed E-state index contributed by atoms with van der Waals surface area (Å²) >= 11 is 5.13. The molecule has 3 N–H and O–H groups in total. The van der Waals surface area contributed by atoms with Gasteiger partial charge in [-0.25, -0.2) is 0 Å². The number of hydrogen-bond acceptors (Lipinski definition) is 3. The fourth-order valence-corrected chi connectivity index (χ4v) is 3.68. The smallest absolute Gasteiger partial charge is 0.235 e. The molecule has 1 saturated carbocycles. The molecule has 112 valence electrons. The Hall–Kier alpha value is -1.17. The van der Waals surface area contributed by atoms with Gasteiger partial charge in [0.15, 0.2) is 0 Å². The van der Waals surface area contributed by atoms with E-state index in [1.54, 1.807) is 0 Å². The number of rotatable bonds is 3. The highest BCUT2D eigenvalue weighted by molar-refractivity contribution is 7.80. The fourth-order valence-electron chi connectivity index (χ4n) is 3.43. The van der Waals surface area contributed by atoms with Gasteiger partial charge in [-0.1, -0.05) is 19.1 Å². The van der Waals surface area contributed by atoms with E-state index in [1.807, 2.05) is 4.90 Å². The molecule has 20 heavy (non-hydrogen) atoms. The molecule has 1 aliphatic carbocycles. The lowest BCUT2D eigenvalue weighted by Gasteiger charge is -2.47. The summed E-state index contributed by atoms with van der Waals surface area (Å²) in [6, 6.07) is 0.178. The number of nitrogens with two attached hydrogens (primary N) is 1. The van der Waals surface area contributed by atoms with Gasteiger partial charge in [0.2, 0.25) is 11.8 Å². The van der Waals surface area contributed by atoms with Crippen LogP contribution in [0.15, 0.2) is 0 Å². The first-order valence-electron chi connectivity index (χ1n) is 7.21. The van der Waals surface area contributed by atoms with Crippen LogP contribution in [-0.4, -0.2) is 40.8 Å². The second kappa shape index (κ2) is 5.68. The molecule has 2 fully saturated rings. The minimum atomic E-state index is -0.602. The molecular formula is C14H23N3O2S. The Labute approximate surface area is 125 Å². The van der Waals surface area contributed by atoms with Gasteiger partial charge in [0.1, 0.15) is 0 Å².